The van der Waals surface area contributed by atoms with Crippen molar-refractivity contribution in [1.29, 1.82) is 0 Å². The molecule has 4 nitrogen and oxygen atoms in total. The molecule has 0 bridgehead atoms. The first-order valence-corrected chi connectivity index (χ1v) is 12.5. The molecule has 9 heteroatoms. The van der Waals surface area contributed by atoms with Crippen molar-refractivity contribution < 1.29 is 16.8 Å². The molecule has 0 radical (unpaired) electrons. The van der Waals surface area contributed by atoms with Crippen LogP contribution in [0.4, 0.5) is 0 Å². The number of halogens is 3. The Balaban J connectivity index is 2.23. The van der Waals surface area contributed by atoms with Gasteiger partial charge >= 0.3 is 0 Å². The van der Waals surface area contributed by atoms with E-state index in [4.69, 9.17) is 34.8 Å². The fourth-order valence-corrected chi connectivity index (χ4v) is 7.80. The second kappa shape index (κ2) is 8.28. The average molecular weight is 490 g/mol. The summed E-state index contributed by atoms with van der Waals surface area (Å²) in [6.45, 7) is 0. The van der Waals surface area contributed by atoms with Crippen LogP contribution in [0, 0.1) is 0 Å². The summed E-state index contributed by atoms with van der Waals surface area (Å²) >= 11 is 17.6. The van der Waals surface area contributed by atoms with Gasteiger partial charge in [0, 0.05) is 5.56 Å². The maximum atomic E-state index is 13.4. The lowest BCUT2D eigenvalue weighted by atomic mass is 10.2. The van der Waals surface area contributed by atoms with Gasteiger partial charge in [0.25, 0.3) is 0 Å². The minimum absolute atomic E-state index is 0.0516. The zero-order valence-corrected chi connectivity index (χ0v) is 18.6. The Bertz CT molecular complexity index is 1120. The van der Waals surface area contributed by atoms with Crippen LogP contribution < -0.4 is 0 Å². The van der Waals surface area contributed by atoms with Gasteiger partial charge in [-0.05, 0) is 29.8 Å². The maximum Gasteiger partial charge on any atom is 0.216 e. The quantitative estimate of drug-likeness (QED) is 0.446. The van der Waals surface area contributed by atoms with E-state index in [0.29, 0.717) is 5.56 Å². The average Bonchev–Trinajstić information content (AvgIpc) is 2.69. The molecule has 0 fully saturated rings. The van der Waals surface area contributed by atoms with Gasteiger partial charge in [0.05, 0.1) is 9.79 Å². The second-order valence-electron chi connectivity index (χ2n) is 6.17. The Morgan fingerprint density at radius 3 is 1.31 bits per heavy atom. The lowest BCUT2D eigenvalue weighted by Crippen LogP contribution is -2.23. The highest BCUT2D eigenvalue weighted by molar-refractivity contribution is 8.08. The third kappa shape index (κ3) is 4.62. The zero-order chi connectivity index (χ0) is 21.3. The first kappa shape index (κ1) is 22.1. The smallest absolute Gasteiger partial charge is 0.216 e. The van der Waals surface area contributed by atoms with E-state index < -0.39 is 28.0 Å². The summed E-state index contributed by atoms with van der Waals surface area (Å²) in [5, 5.41) is 0. The fourth-order valence-electron chi connectivity index (χ4n) is 2.82. The minimum atomic E-state index is -4.30. The molecular weight excluding hydrogens is 475 g/mol. The van der Waals surface area contributed by atoms with Gasteiger partial charge < -0.3 is 0 Å². The van der Waals surface area contributed by atoms with E-state index in [9.17, 15) is 16.8 Å². The van der Waals surface area contributed by atoms with E-state index in [1.165, 1.54) is 72.8 Å². The number of alkyl halides is 3. The molecule has 0 unspecified atom stereocenters. The first-order valence-electron chi connectivity index (χ1n) is 8.29. The Morgan fingerprint density at radius 2 is 0.966 bits per heavy atom. The fraction of sp³-hybridized carbons (Fsp3) is 0.100. The molecule has 3 aromatic rings. The lowest BCUT2D eigenvalue weighted by molar-refractivity contribution is 0.576. The molecule has 152 valence electrons. The van der Waals surface area contributed by atoms with Gasteiger partial charge in [0.15, 0.2) is 24.3 Å². The maximum absolute atomic E-state index is 13.4. The van der Waals surface area contributed by atoms with Crippen molar-refractivity contribution in [3.8, 4) is 0 Å². The zero-order valence-electron chi connectivity index (χ0n) is 14.7. The van der Waals surface area contributed by atoms with Crippen molar-refractivity contribution in [2.75, 3.05) is 0 Å². The molecule has 3 aromatic carbocycles. The Hall–Kier alpha value is -1.57. The number of benzene rings is 3. The van der Waals surface area contributed by atoms with Crippen LogP contribution in [-0.4, -0.2) is 16.8 Å². The molecule has 0 aliphatic heterocycles. The van der Waals surface area contributed by atoms with Crippen LogP contribution >= 0.6 is 34.8 Å². The molecule has 0 spiro atoms. The van der Waals surface area contributed by atoms with Gasteiger partial charge in [-0.3, -0.25) is 0 Å². The van der Waals surface area contributed by atoms with Crippen LogP contribution in [0.1, 0.15) is 15.7 Å². The van der Waals surface area contributed by atoms with Gasteiger partial charge in [-0.15, -0.1) is 0 Å². The molecule has 0 aliphatic rings. The highest BCUT2D eigenvalue weighted by Crippen LogP contribution is 2.41. The van der Waals surface area contributed by atoms with Gasteiger partial charge in [0.2, 0.25) is 3.79 Å². The monoisotopic (exact) mass is 488 g/mol. The summed E-state index contributed by atoms with van der Waals surface area (Å²) < 4.78 is 49.9. The summed E-state index contributed by atoms with van der Waals surface area (Å²) in [5.41, 5.74) is 0.343. The van der Waals surface area contributed by atoms with Crippen LogP contribution in [0.3, 0.4) is 0 Å². The summed E-state index contributed by atoms with van der Waals surface area (Å²) in [6, 6.07) is 20.4. The second-order valence-corrected chi connectivity index (χ2v) is 12.8. The highest BCUT2D eigenvalue weighted by Gasteiger charge is 2.41. The molecule has 0 heterocycles. The standard InChI is InChI=1S/C20H15Cl3O4S2/c21-20(22,23)16-13-11-15(12-14-16)19(28(24,25)17-7-3-1-4-8-17)29(26,27)18-9-5-2-6-10-18/h1-14,19H. The third-order valence-electron chi connectivity index (χ3n) is 4.22. The van der Waals surface area contributed by atoms with Gasteiger partial charge in [-0.25, -0.2) is 16.8 Å². The highest BCUT2D eigenvalue weighted by atomic mass is 35.6. The number of sulfone groups is 2. The van der Waals surface area contributed by atoms with Gasteiger partial charge in [-0.1, -0.05) is 95.5 Å². The summed E-state index contributed by atoms with van der Waals surface area (Å²) in [7, 11) is -8.59. The van der Waals surface area contributed by atoms with Crippen LogP contribution in [-0.2, 0) is 23.5 Å². The third-order valence-corrected chi connectivity index (χ3v) is 9.92. The first-order chi connectivity index (χ1) is 13.5. The predicted molar refractivity (Wildman–Crippen MR) is 116 cm³/mol. The van der Waals surface area contributed by atoms with Crippen LogP contribution in [0.25, 0.3) is 0 Å². The van der Waals surface area contributed by atoms with E-state index >= 15 is 0 Å². The van der Waals surface area contributed by atoms with Crippen molar-refractivity contribution in [3.05, 3.63) is 96.1 Å². The normalized spacial score (nSPS) is 12.8. The molecule has 0 atom stereocenters. The van der Waals surface area contributed by atoms with E-state index in [2.05, 4.69) is 0 Å². The molecule has 0 N–H and O–H groups in total. The summed E-state index contributed by atoms with van der Waals surface area (Å²) in [6.07, 6.45) is 0. The molecule has 0 saturated carbocycles. The summed E-state index contributed by atoms with van der Waals surface area (Å²) in [5.74, 6) is 0. The molecule has 0 saturated heterocycles. The number of rotatable bonds is 5. The van der Waals surface area contributed by atoms with Crippen molar-refractivity contribution in [2.24, 2.45) is 0 Å². The Kier molecular flexibility index (Phi) is 6.32. The predicted octanol–water partition coefficient (Wildman–Crippen LogP) is 5.46. The molecule has 29 heavy (non-hydrogen) atoms. The lowest BCUT2D eigenvalue weighted by Gasteiger charge is -2.20. The van der Waals surface area contributed by atoms with Crippen molar-refractivity contribution in [3.63, 3.8) is 0 Å². The van der Waals surface area contributed by atoms with Crippen molar-refractivity contribution in [2.45, 2.75) is 18.2 Å². The van der Waals surface area contributed by atoms with Crippen molar-refractivity contribution in [1.82, 2.24) is 0 Å². The molecule has 0 aliphatic carbocycles. The van der Waals surface area contributed by atoms with Crippen LogP contribution in [0.2, 0.25) is 0 Å². The number of hydrogen-bond donors (Lipinski definition) is 0. The Morgan fingerprint density at radius 1 is 0.586 bits per heavy atom. The van der Waals surface area contributed by atoms with Gasteiger partial charge in [0.1, 0.15) is 0 Å². The van der Waals surface area contributed by atoms with Crippen molar-refractivity contribution >= 4 is 54.5 Å². The molecular formula is C20H15Cl3O4S2. The van der Waals surface area contributed by atoms with Crippen LogP contribution in [0.15, 0.2) is 94.7 Å². The van der Waals surface area contributed by atoms with E-state index in [1.807, 2.05) is 0 Å². The molecule has 3 rings (SSSR count). The topological polar surface area (TPSA) is 68.3 Å². The largest absolute Gasteiger partial charge is 0.222 e. The van der Waals surface area contributed by atoms with E-state index in [-0.39, 0.29) is 15.4 Å². The van der Waals surface area contributed by atoms with Crippen LogP contribution in [0.5, 0.6) is 0 Å². The molecule has 0 amide bonds. The van der Waals surface area contributed by atoms with E-state index in [1.54, 1.807) is 12.1 Å². The summed E-state index contributed by atoms with van der Waals surface area (Å²) in [4.78, 5) is -0.204. The van der Waals surface area contributed by atoms with Gasteiger partial charge in [-0.2, -0.15) is 0 Å². The SMILES string of the molecule is O=S(=O)(c1ccccc1)C(c1ccc(C(Cl)(Cl)Cl)cc1)S(=O)(=O)c1ccccc1. The minimum Gasteiger partial charge on any atom is -0.222 e. The van der Waals surface area contributed by atoms with E-state index in [0.717, 1.165) is 0 Å². The number of hydrogen-bond acceptors (Lipinski definition) is 4. The Labute approximate surface area is 184 Å². The molecule has 0 aromatic heterocycles.